The van der Waals surface area contributed by atoms with Gasteiger partial charge in [-0.15, -0.1) is 0 Å². The lowest BCUT2D eigenvalue weighted by atomic mass is 10.2. The van der Waals surface area contributed by atoms with E-state index in [0.717, 1.165) is 38.9 Å². The summed E-state index contributed by atoms with van der Waals surface area (Å²) >= 11 is 0. The van der Waals surface area contributed by atoms with Crippen molar-refractivity contribution in [1.29, 1.82) is 5.26 Å². The lowest BCUT2D eigenvalue weighted by Crippen LogP contribution is -2.14. The Labute approximate surface area is 97.3 Å². The van der Waals surface area contributed by atoms with Gasteiger partial charge in [0.1, 0.15) is 0 Å². The molecule has 1 heterocycles. The van der Waals surface area contributed by atoms with Crippen molar-refractivity contribution in [1.82, 2.24) is 15.1 Å². The predicted molar refractivity (Wildman–Crippen MR) is 63.7 cm³/mol. The summed E-state index contributed by atoms with van der Waals surface area (Å²) in [6.45, 7) is 4.98. The van der Waals surface area contributed by atoms with Gasteiger partial charge in [-0.05, 0) is 25.8 Å². The fraction of sp³-hybridized carbons (Fsp3) is 0.667. The Morgan fingerprint density at radius 3 is 3.12 bits per heavy atom. The zero-order valence-electron chi connectivity index (χ0n) is 9.95. The molecule has 4 nitrogen and oxygen atoms in total. The molecule has 88 valence electrons. The van der Waals surface area contributed by atoms with Crippen LogP contribution in [-0.4, -0.2) is 16.3 Å². The predicted octanol–water partition coefficient (Wildman–Crippen LogP) is 2.08. The van der Waals surface area contributed by atoms with Gasteiger partial charge in [0.15, 0.2) is 0 Å². The molecule has 16 heavy (non-hydrogen) atoms. The van der Waals surface area contributed by atoms with Crippen LogP contribution in [0.1, 0.15) is 38.2 Å². The maximum Gasteiger partial charge on any atom is 0.0621 e. The first-order valence-corrected chi connectivity index (χ1v) is 5.95. The van der Waals surface area contributed by atoms with Crippen LogP contribution in [0.15, 0.2) is 12.4 Å². The fourth-order valence-electron chi connectivity index (χ4n) is 1.54. The minimum atomic E-state index is 0.663. The van der Waals surface area contributed by atoms with E-state index in [-0.39, 0.29) is 0 Å². The normalized spacial score (nSPS) is 10.2. The van der Waals surface area contributed by atoms with Crippen LogP contribution in [0.25, 0.3) is 0 Å². The summed E-state index contributed by atoms with van der Waals surface area (Å²) in [7, 11) is 0. The molecule has 0 aliphatic heterocycles. The number of nitrogens with zero attached hydrogens (tertiary/aromatic N) is 3. The van der Waals surface area contributed by atoms with Gasteiger partial charge < -0.3 is 5.32 Å². The lowest BCUT2D eigenvalue weighted by molar-refractivity contribution is 0.599. The number of rotatable bonds is 8. The van der Waals surface area contributed by atoms with E-state index in [1.54, 1.807) is 0 Å². The molecule has 0 atom stereocenters. The van der Waals surface area contributed by atoms with Crippen molar-refractivity contribution in [3.8, 4) is 6.07 Å². The molecule has 0 unspecified atom stereocenters. The topological polar surface area (TPSA) is 53.6 Å². The third-order valence-electron chi connectivity index (χ3n) is 2.36. The SMILES string of the molecule is CCCn1cc(CNCCCCC#N)cn1. The number of nitriles is 1. The summed E-state index contributed by atoms with van der Waals surface area (Å²) in [6.07, 6.45) is 7.83. The molecule has 0 saturated heterocycles. The zero-order valence-corrected chi connectivity index (χ0v) is 9.95. The Kier molecular flexibility index (Phi) is 6.28. The van der Waals surface area contributed by atoms with Crippen molar-refractivity contribution < 1.29 is 0 Å². The summed E-state index contributed by atoms with van der Waals surface area (Å²) < 4.78 is 1.98. The number of hydrogen-bond donors (Lipinski definition) is 1. The van der Waals surface area contributed by atoms with E-state index in [9.17, 15) is 0 Å². The van der Waals surface area contributed by atoms with Crippen molar-refractivity contribution in [3.63, 3.8) is 0 Å². The number of unbranched alkanes of at least 4 members (excludes halogenated alkanes) is 2. The van der Waals surface area contributed by atoms with Gasteiger partial charge in [0.2, 0.25) is 0 Å². The van der Waals surface area contributed by atoms with Crippen molar-refractivity contribution in [3.05, 3.63) is 18.0 Å². The largest absolute Gasteiger partial charge is 0.313 e. The van der Waals surface area contributed by atoms with E-state index in [1.807, 2.05) is 10.9 Å². The van der Waals surface area contributed by atoms with Crippen LogP contribution in [0.2, 0.25) is 0 Å². The molecule has 0 aliphatic carbocycles. The minimum absolute atomic E-state index is 0.663. The second kappa shape index (κ2) is 7.89. The van der Waals surface area contributed by atoms with E-state index < -0.39 is 0 Å². The Bertz CT molecular complexity index is 324. The van der Waals surface area contributed by atoms with Crippen LogP contribution < -0.4 is 5.32 Å². The summed E-state index contributed by atoms with van der Waals surface area (Å²) in [5, 5.41) is 16.0. The highest BCUT2D eigenvalue weighted by molar-refractivity contribution is 5.03. The molecule has 0 spiro atoms. The quantitative estimate of drug-likeness (QED) is 0.682. The van der Waals surface area contributed by atoms with Crippen molar-refractivity contribution >= 4 is 0 Å². The molecule has 4 heteroatoms. The first kappa shape index (κ1) is 12.7. The van der Waals surface area contributed by atoms with Gasteiger partial charge >= 0.3 is 0 Å². The van der Waals surface area contributed by atoms with Crippen LogP contribution >= 0.6 is 0 Å². The first-order chi connectivity index (χ1) is 7.86. The van der Waals surface area contributed by atoms with Gasteiger partial charge in [0, 0.05) is 31.3 Å². The molecule has 0 amide bonds. The highest BCUT2D eigenvalue weighted by atomic mass is 15.3. The van der Waals surface area contributed by atoms with E-state index in [4.69, 9.17) is 5.26 Å². The molecule has 1 N–H and O–H groups in total. The lowest BCUT2D eigenvalue weighted by Gasteiger charge is -2.01. The van der Waals surface area contributed by atoms with Crippen molar-refractivity contribution in [2.45, 2.75) is 45.7 Å². The Balaban J connectivity index is 2.10. The standard InChI is InChI=1S/C12H20N4/c1-2-8-16-11-12(10-15-16)9-14-7-5-3-4-6-13/h10-11,14H,2-5,7-9H2,1H3. The van der Waals surface area contributed by atoms with Crippen molar-refractivity contribution in [2.24, 2.45) is 0 Å². The second-order valence-corrected chi connectivity index (χ2v) is 3.90. The molecular formula is C12H20N4. The molecule has 0 saturated carbocycles. The molecule has 1 aromatic heterocycles. The molecule has 0 fully saturated rings. The van der Waals surface area contributed by atoms with Gasteiger partial charge in [-0.2, -0.15) is 10.4 Å². The van der Waals surface area contributed by atoms with Crippen LogP contribution in [0.3, 0.4) is 0 Å². The molecular weight excluding hydrogens is 200 g/mol. The molecule has 1 rings (SSSR count). The third kappa shape index (κ3) is 4.94. The monoisotopic (exact) mass is 220 g/mol. The molecule has 0 aliphatic rings. The van der Waals surface area contributed by atoms with Crippen LogP contribution in [0.5, 0.6) is 0 Å². The first-order valence-electron chi connectivity index (χ1n) is 5.95. The highest BCUT2D eigenvalue weighted by Gasteiger charge is 1.97. The Morgan fingerprint density at radius 1 is 1.50 bits per heavy atom. The second-order valence-electron chi connectivity index (χ2n) is 3.90. The van der Waals surface area contributed by atoms with Gasteiger partial charge in [0.25, 0.3) is 0 Å². The summed E-state index contributed by atoms with van der Waals surface area (Å²) in [4.78, 5) is 0. The van der Waals surface area contributed by atoms with Gasteiger partial charge in [-0.25, -0.2) is 0 Å². The molecule has 0 radical (unpaired) electrons. The maximum absolute atomic E-state index is 8.37. The van der Waals surface area contributed by atoms with E-state index in [2.05, 4.69) is 29.6 Å². The van der Waals surface area contributed by atoms with Crippen LogP contribution in [0, 0.1) is 11.3 Å². The fourth-order valence-corrected chi connectivity index (χ4v) is 1.54. The summed E-state index contributed by atoms with van der Waals surface area (Å²) in [5.41, 5.74) is 1.23. The number of aryl methyl sites for hydroxylation is 1. The average molecular weight is 220 g/mol. The minimum Gasteiger partial charge on any atom is -0.313 e. The number of hydrogen-bond acceptors (Lipinski definition) is 3. The van der Waals surface area contributed by atoms with Crippen LogP contribution in [0.4, 0.5) is 0 Å². The highest BCUT2D eigenvalue weighted by Crippen LogP contribution is 1.99. The van der Waals surface area contributed by atoms with Gasteiger partial charge in [-0.3, -0.25) is 4.68 Å². The van der Waals surface area contributed by atoms with Crippen LogP contribution in [-0.2, 0) is 13.1 Å². The Hall–Kier alpha value is -1.34. The maximum atomic E-state index is 8.37. The third-order valence-corrected chi connectivity index (χ3v) is 2.36. The van der Waals surface area contributed by atoms with Gasteiger partial charge in [0.05, 0.1) is 12.3 Å². The van der Waals surface area contributed by atoms with E-state index >= 15 is 0 Å². The molecule has 0 aromatic carbocycles. The smallest absolute Gasteiger partial charge is 0.0621 e. The zero-order chi connectivity index (χ0) is 11.6. The van der Waals surface area contributed by atoms with Crippen molar-refractivity contribution in [2.75, 3.05) is 6.54 Å². The number of aromatic nitrogens is 2. The Morgan fingerprint density at radius 2 is 2.38 bits per heavy atom. The molecule has 1 aromatic rings. The van der Waals surface area contributed by atoms with E-state index in [0.29, 0.717) is 6.42 Å². The van der Waals surface area contributed by atoms with Gasteiger partial charge in [-0.1, -0.05) is 6.92 Å². The summed E-state index contributed by atoms with van der Waals surface area (Å²) in [6, 6.07) is 2.15. The molecule has 0 bridgehead atoms. The average Bonchev–Trinajstić information content (AvgIpc) is 2.72. The van der Waals surface area contributed by atoms with E-state index in [1.165, 1.54) is 5.56 Å². The summed E-state index contributed by atoms with van der Waals surface area (Å²) in [5.74, 6) is 0. The number of nitrogens with one attached hydrogen (secondary N) is 1.